The van der Waals surface area contributed by atoms with Gasteiger partial charge in [0.2, 0.25) is 0 Å². The van der Waals surface area contributed by atoms with Crippen molar-refractivity contribution in [2.75, 3.05) is 0 Å². The molecular weight excluding hydrogens is 357 g/mol. The summed E-state index contributed by atoms with van der Waals surface area (Å²) in [5, 5.41) is 3.01. The van der Waals surface area contributed by atoms with E-state index < -0.39 is 0 Å². The van der Waals surface area contributed by atoms with Gasteiger partial charge in [-0.15, -0.1) is 0 Å². The van der Waals surface area contributed by atoms with E-state index in [1.807, 2.05) is 25.3 Å². The minimum atomic E-state index is -0.285. The fourth-order valence-corrected chi connectivity index (χ4v) is 3.08. The molecule has 6 heteroatoms. The van der Waals surface area contributed by atoms with Crippen molar-refractivity contribution in [3.63, 3.8) is 0 Å². The Balaban J connectivity index is 1.46. The molecule has 0 saturated carbocycles. The minimum absolute atomic E-state index is 0.0193. The molecule has 142 valence electrons. The molecule has 0 radical (unpaired) electrons. The van der Waals surface area contributed by atoms with Crippen molar-refractivity contribution in [1.29, 1.82) is 0 Å². The van der Waals surface area contributed by atoms with Gasteiger partial charge >= 0.3 is 0 Å². The zero-order valence-electron chi connectivity index (χ0n) is 15.4. The summed E-state index contributed by atoms with van der Waals surface area (Å²) in [6.45, 7) is 1.98. The van der Waals surface area contributed by atoms with Crippen LogP contribution in [-0.2, 0) is 6.42 Å². The predicted molar refractivity (Wildman–Crippen MR) is 105 cm³/mol. The van der Waals surface area contributed by atoms with E-state index in [-0.39, 0.29) is 17.8 Å². The Bertz CT molecular complexity index is 1080. The number of aromatic nitrogens is 2. The van der Waals surface area contributed by atoms with Gasteiger partial charge in [0.05, 0.1) is 17.5 Å². The zero-order chi connectivity index (χ0) is 19.5. The predicted octanol–water partition coefficient (Wildman–Crippen LogP) is 4.48. The number of hydrogen-bond donors (Lipinski definition) is 1. The lowest BCUT2D eigenvalue weighted by atomic mass is 10.1. The fourth-order valence-electron chi connectivity index (χ4n) is 3.08. The van der Waals surface area contributed by atoms with Crippen LogP contribution in [0.25, 0.3) is 16.9 Å². The van der Waals surface area contributed by atoms with Crippen molar-refractivity contribution in [2.24, 2.45) is 0 Å². The van der Waals surface area contributed by atoms with Crippen LogP contribution in [0, 0.1) is 5.82 Å². The molecular formula is C22H20FN3O2. The number of imidazole rings is 1. The van der Waals surface area contributed by atoms with Crippen LogP contribution in [0.4, 0.5) is 4.39 Å². The van der Waals surface area contributed by atoms with Gasteiger partial charge in [-0.1, -0.05) is 0 Å². The van der Waals surface area contributed by atoms with Crippen LogP contribution >= 0.6 is 0 Å². The van der Waals surface area contributed by atoms with E-state index in [9.17, 15) is 9.18 Å². The van der Waals surface area contributed by atoms with Crippen molar-refractivity contribution in [1.82, 2.24) is 14.7 Å². The van der Waals surface area contributed by atoms with Gasteiger partial charge < -0.3 is 14.1 Å². The summed E-state index contributed by atoms with van der Waals surface area (Å²) < 4.78 is 20.2. The molecule has 3 heterocycles. The van der Waals surface area contributed by atoms with Crippen molar-refractivity contribution < 1.29 is 13.6 Å². The fraction of sp³-hybridized carbons (Fsp3) is 0.182. The lowest BCUT2D eigenvalue weighted by Gasteiger charge is -2.13. The first-order valence-electron chi connectivity index (χ1n) is 9.16. The summed E-state index contributed by atoms with van der Waals surface area (Å²) in [6.07, 6.45) is 6.81. The number of nitrogens with zero attached hydrogens (tertiary/aromatic N) is 2. The molecule has 4 aromatic rings. The first-order valence-corrected chi connectivity index (χ1v) is 9.16. The molecule has 0 spiro atoms. The first kappa shape index (κ1) is 18.0. The van der Waals surface area contributed by atoms with Crippen LogP contribution in [0.3, 0.4) is 0 Å². The number of aryl methyl sites for hydroxylation is 1. The highest BCUT2D eigenvalue weighted by Gasteiger charge is 2.12. The molecule has 1 N–H and O–H groups in total. The number of fused-ring (bicyclic) bond motifs is 1. The number of carbonyl (C=O) groups excluding carboxylic acids is 1. The van der Waals surface area contributed by atoms with Crippen molar-refractivity contribution in [3.05, 3.63) is 84.3 Å². The zero-order valence-corrected chi connectivity index (χ0v) is 15.4. The highest BCUT2D eigenvalue weighted by molar-refractivity contribution is 5.94. The SMILES string of the molecule is CC(CCc1ccco1)NC(=O)c1ccc2nc(-c3ccc(F)cc3)cn2c1. The van der Waals surface area contributed by atoms with E-state index in [0.717, 1.165) is 35.5 Å². The summed E-state index contributed by atoms with van der Waals surface area (Å²) in [6, 6.07) is 13.5. The average molecular weight is 377 g/mol. The summed E-state index contributed by atoms with van der Waals surface area (Å²) in [4.78, 5) is 17.1. The third-order valence-electron chi connectivity index (χ3n) is 4.63. The lowest BCUT2D eigenvalue weighted by molar-refractivity contribution is 0.0937. The number of rotatable bonds is 6. The van der Waals surface area contributed by atoms with Gasteiger partial charge in [-0.25, -0.2) is 9.37 Å². The van der Waals surface area contributed by atoms with E-state index in [1.165, 1.54) is 12.1 Å². The van der Waals surface area contributed by atoms with Crippen LogP contribution in [0.2, 0.25) is 0 Å². The minimum Gasteiger partial charge on any atom is -0.469 e. The van der Waals surface area contributed by atoms with Crippen molar-refractivity contribution in [2.45, 2.75) is 25.8 Å². The Labute approximate surface area is 161 Å². The van der Waals surface area contributed by atoms with Gasteiger partial charge in [0.25, 0.3) is 5.91 Å². The summed E-state index contributed by atoms with van der Waals surface area (Å²) in [5.41, 5.74) is 2.83. The third-order valence-corrected chi connectivity index (χ3v) is 4.63. The Morgan fingerprint density at radius 2 is 2.00 bits per heavy atom. The van der Waals surface area contributed by atoms with E-state index in [4.69, 9.17) is 4.42 Å². The molecule has 0 aliphatic heterocycles. The first-order chi connectivity index (χ1) is 13.6. The number of amides is 1. The molecule has 1 aromatic carbocycles. The number of benzene rings is 1. The molecule has 1 atom stereocenters. The Morgan fingerprint density at radius 1 is 1.18 bits per heavy atom. The lowest BCUT2D eigenvalue weighted by Crippen LogP contribution is -2.33. The Hall–Kier alpha value is -3.41. The maximum atomic E-state index is 13.1. The maximum Gasteiger partial charge on any atom is 0.252 e. The van der Waals surface area contributed by atoms with Crippen LogP contribution in [-0.4, -0.2) is 21.3 Å². The summed E-state index contributed by atoms with van der Waals surface area (Å²) in [7, 11) is 0. The standard InChI is InChI=1S/C22H20FN3O2/c1-15(4-10-19-3-2-12-28-19)24-22(27)17-7-11-21-25-20(14-26(21)13-17)16-5-8-18(23)9-6-16/h2-3,5-9,11-15H,4,10H2,1H3,(H,24,27). The van der Waals surface area contributed by atoms with E-state index in [2.05, 4.69) is 10.3 Å². The number of pyridine rings is 1. The molecule has 4 rings (SSSR count). The van der Waals surface area contributed by atoms with Crippen LogP contribution in [0.5, 0.6) is 0 Å². The quantitative estimate of drug-likeness (QED) is 0.539. The number of furan rings is 1. The molecule has 0 aliphatic carbocycles. The number of hydrogen-bond acceptors (Lipinski definition) is 3. The molecule has 1 amide bonds. The van der Waals surface area contributed by atoms with Gasteiger partial charge in [0.1, 0.15) is 17.2 Å². The second kappa shape index (κ2) is 7.68. The van der Waals surface area contributed by atoms with Crippen LogP contribution in [0.1, 0.15) is 29.5 Å². The van der Waals surface area contributed by atoms with Gasteiger partial charge in [-0.05, 0) is 61.9 Å². The molecule has 28 heavy (non-hydrogen) atoms. The Kier molecular flexibility index (Phi) is 4.93. The smallest absolute Gasteiger partial charge is 0.252 e. The molecule has 1 unspecified atom stereocenters. The second-order valence-corrected chi connectivity index (χ2v) is 6.81. The van der Waals surface area contributed by atoms with E-state index >= 15 is 0 Å². The molecule has 5 nitrogen and oxygen atoms in total. The monoisotopic (exact) mass is 377 g/mol. The van der Waals surface area contributed by atoms with Crippen molar-refractivity contribution in [3.8, 4) is 11.3 Å². The third kappa shape index (κ3) is 3.96. The molecule has 3 aromatic heterocycles. The topological polar surface area (TPSA) is 59.5 Å². The van der Waals surface area contributed by atoms with E-state index in [1.54, 1.807) is 41.1 Å². The van der Waals surface area contributed by atoms with Gasteiger partial charge in [0, 0.05) is 30.4 Å². The Morgan fingerprint density at radius 3 is 2.75 bits per heavy atom. The van der Waals surface area contributed by atoms with Crippen molar-refractivity contribution >= 4 is 11.6 Å². The molecule has 0 fully saturated rings. The number of halogens is 1. The number of nitrogens with one attached hydrogen (secondary N) is 1. The maximum absolute atomic E-state index is 13.1. The van der Waals surface area contributed by atoms with Gasteiger partial charge in [-0.3, -0.25) is 4.79 Å². The summed E-state index contributed by atoms with van der Waals surface area (Å²) in [5.74, 6) is 0.493. The highest BCUT2D eigenvalue weighted by Crippen LogP contribution is 2.20. The summed E-state index contributed by atoms with van der Waals surface area (Å²) >= 11 is 0. The van der Waals surface area contributed by atoms with E-state index in [0.29, 0.717) is 5.56 Å². The largest absolute Gasteiger partial charge is 0.469 e. The number of carbonyl (C=O) groups is 1. The highest BCUT2D eigenvalue weighted by atomic mass is 19.1. The van der Waals surface area contributed by atoms with Crippen LogP contribution in [0.15, 0.2) is 71.6 Å². The van der Waals surface area contributed by atoms with Crippen LogP contribution < -0.4 is 5.32 Å². The molecule has 0 saturated heterocycles. The normalized spacial score (nSPS) is 12.2. The molecule has 0 aliphatic rings. The van der Waals surface area contributed by atoms with Gasteiger partial charge in [-0.2, -0.15) is 0 Å². The molecule has 0 bridgehead atoms. The average Bonchev–Trinajstić information content (AvgIpc) is 3.36. The van der Waals surface area contributed by atoms with Gasteiger partial charge in [0.15, 0.2) is 0 Å². The second-order valence-electron chi connectivity index (χ2n) is 6.81.